The number of nitrogens with two attached hydrogens (primary N) is 1. The van der Waals surface area contributed by atoms with Crippen molar-refractivity contribution in [3.8, 4) is 0 Å². The standard InChI is InChI=1S/C7H13N2O2P/c8-6(10)2-4-9-3-1-5(12)7(9)11/h5H,1-4,12H2,(H2,8,10). The van der Waals surface area contributed by atoms with Gasteiger partial charge in [0.25, 0.3) is 0 Å². The second-order valence-corrected chi connectivity index (χ2v) is 3.74. The predicted molar refractivity (Wildman–Crippen MR) is 48.5 cm³/mol. The molecule has 1 rings (SSSR count). The number of nitrogens with zero attached hydrogens (tertiary/aromatic N) is 1. The van der Waals surface area contributed by atoms with Crippen molar-refractivity contribution in [1.82, 2.24) is 4.90 Å². The minimum atomic E-state index is -0.352. The van der Waals surface area contributed by atoms with E-state index >= 15 is 0 Å². The lowest BCUT2D eigenvalue weighted by molar-refractivity contribution is -0.127. The van der Waals surface area contributed by atoms with Crippen LogP contribution in [0.15, 0.2) is 0 Å². The van der Waals surface area contributed by atoms with Crippen LogP contribution in [0.5, 0.6) is 0 Å². The number of likely N-dealkylation sites (tertiary alicyclic amines) is 1. The number of hydrogen-bond donors (Lipinski definition) is 1. The van der Waals surface area contributed by atoms with E-state index in [0.717, 1.165) is 13.0 Å². The van der Waals surface area contributed by atoms with E-state index in [2.05, 4.69) is 9.24 Å². The molecular weight excluding hydrogens is 175 g/mol. The van der Waals surface area contributed by atoms with Crippen LogP contribution in [0, 0.1) is 0 Å². The van der Waals surface area contributed by atoms with Crippen molar-refractivity contribution in [2.45, 2.75) is 18.5 Å². The lowest BCUT2D eigenvalue weighted by Crippen LogP contribution is -2.31. The lowest BCUT2D eigenvalue weighted by atomic mass is 10.4. The Bertz CT molecular complexity index is 208. The Labute approximate surface area is 73.7 Å². The molecule has 0 bridgehead atoms. The molecule has 2 amide bonds. The first-order chi connectivity index (χ1) is 5.61. The van der Waals surface area contributed by atoms with Gasteiger partial charge in [-0.25, -0.2) is 0 Å². The summed E-state index contributed by atoms with van der Waals surface area (Å²) in [6, 6.07) is 0. The second kappa shape index (κ2) is 3.85. The van der Waals surface area contributed by atoms with Gasteiger partial charge in [-0.3, -0.25) is 9.59 Å². The molecule has 4 nitrogen and oxygen atoms in total. The normalized spacial score (nSPS) is 23.2. The maximum Gasteiger partial charge on any atom is 0.229 e. The van der Waals surface area contributed by atoms with Crippen LogP contribution in [-0.4, -0.2) is 35.5 Å². The molecule has 0 aromatic rings. The molecule has 0 saturated carbocycles. The number of carbonyl (C=O) groups excluding carboxylic acids is 2. The van der Waals surface area contributed by atoms with E-state index in [1.54, 1.807) is 4.90 Å². The Hall–Kier alpha value is -0.630. The molecule has 1 aliphatic heterocycles. The van der Waals surface area contributed by atoms with E-state index in [0.29, 0.717) is 6.54 Å². The summed E-state index contributed by atoms with van der Waals surface area (Å²) in [5.41, 5.74) is 5.01. The molecule has 2 N–H and O–H groups in total. The summed E-state index contributed by atoms with van der Waals surface area (Å²) in [5.74, 6) is -0.240. The van der Waals surface area contributed by atoms with E-state index in [9.17, 15) is 9.59 Å². The number of hydrogen-bond acceptors (Lipinski definition) is 2. The van der Waals surface area contributed by atoms with Crippen LogP contribution in [0.4, 0.5) is 0 Å². The third kappa shape index (κ3) is 2.18. The highest BCUT2D eigenvalue weighted by Gasteiger charge is 2.27. The van der Waals surface area contributed by atoms with Gasteiger partial charge in [-0.1, -0.05) is 0 Å². The number of amides is 2. The van der Waals surface area contributed by atoms with Crippen molar-refractivity contribution in [1.29, 1.82) is 0 Å². The van der Waals surface area contributed by atoms with E-state index in [1.807, 2.05) is 0 Å². The predicted octanol–water partition coefficient (Wildman–Crippen LogP) is -0.662. The molecule has 1 fully saturated rings. The zero-order valence-electron chi connectivity index (χ0n) is 6.82. The first kappa shape index (κ1) is 9.46. The minimum absolute atomic E-state index is 0.0397. The lowest BCUT2D eigenvalue weighted by Gasteiger charge is -2.14. The second-order valence-electron chi connectivity index (χ2n) is 2.94. The molecule has 0 aromatic carbocycles. The number of primary amides is 1. The largest absolute Gasteiger partial charge is 0.370 e. The first-order valence-electron chi connectivity index (χ1n) is 3.94. The number of rotatable bonds is 3. The van der Waals surface area contributed by atoms with Crippen molar-refractivity contribution in [3.05, 3.63) is 0 Å². The summed E-state index contributed by atoms with van der Waals surface area (Å²) in [4.78, 5) is 23.4. The fourth-order valence-corrected chi connectivity index (χ4v) is 1.59. The van der Waals surface area contributed by atoms with Gasteiger partial charge in [0.05, 0.1) is 5.66 Å². The average molecular weight is 188 g/mol. The summed E-state index contributed by atoms with van der Waals surface area (Å²) >= 11 is 0. The fraction of sp³-hybridized carbons (Fsp3) is 0.714. The summed E-state index contributed by atoms with van der Waals surface area (Å²) < 4.78 is 0. The van der Waals surface area contributed by atoms with Gasteiger partial charge < -0.3 is 10.6 Å². The van der Waals surface area contributed by atoms with Gasteiger partial charge in [-0.2, -0.15) is 0 Å². The van der Waals surface area contributed by atoms with Crippen LogP contribution < -0.4 is 5.73 Å². The third-order valence-electron chi connectivity index (χ3n) is 1.97. The van der Waals surface area contributed by atoms with Gasteiger partial charge in [0.2, 0.25) is 11.8 Å². The summed E-state index contributed by atoms with van der Waals surface area (Å²) in [5, 5.41) is 0. The minimum Gasteiger partial charge on any atom is -0.370 e. The first-order valence-corrected chi connectivity index (χ1v) is 4.60. The molecular formula is C7H13N2O2P. The van der Waals surface area contributed by atoms with Crippen molar-refractivity contribution in [2.75, 3.05) is 13.1 Å². The summed E-state index contributed by atoms with van der Waals surface area (Å²) in [6.45, 7) is 1.22. The Morgan fingerprint density at radius 1 is 1.75 bits per heavy atom. The maximum absolute atomic E-state index is 11.3. The average Bonchev–Trinajstić information content (AvgIpc) is 2.30. The molecule has 0 spiro atoms. The molecule has 1 heterocycles. The van der Waals surface area contributed by atoms with Crippen LogP contribution in [0.3, 0.4) is 0 Å². The molecule has 68 valence electrons. The van der Waals surface area contributed by atoms with E-state index in [-0.39, 0.29) is 23.9 Å². The van der Waals surface area contributed by atoms with Crippen LogP contribution in [0.1, 0.15) is 12.8 Å². The molecule has 5 heteroatoms. The fourth-order valence-electron chi connectivity index (χ4n) is 1.23. The third-order valence-corrected chi connectivity index (χ3v) is 2.59. The van der Waals surface area contributed by atoms with Gasteiger partial charge in [-0.05, 0) is 6.42 Å². The van der Waals surface area contributed by atoms with Gasteiger partial charge in [0.1, 0.15) is 0 Å². The van der Waals surface area contributed by atoms with Gasteiger partial charge in [0, 0.05) is 19.5 Å². The smallest absolute Gasteiger partial charge is 0.229 e. The highest BCUT2D eigenvalue weighted by Crippen LogP contribution is 2.18. The summed E-state index contributed by atoms with van der Waals surface area (Å²) in [7, 11) is 2.50. The van der Waals surface area contributed by atoms with Gasteiger partial charge >= 0.3 is 0 Å². The quantitative estimate of drug-likeness (QED) is 0.597. The van der Waals surface area contributed by atoms with E-state index in [1.165, 1.54) is 0 Å². The monoisotopic (exact) mass is 188 g/mol. The Kier molecular flexibility index (Phi) is 3.04. The van der Waals surface area contributed by atoms with E-state index in [4.69, 9.17) is 5.73 Å². The molecule has 12 heavy (non-hydrogen) atoms. The molecule has 0 aromatic heterocycles. The van der Waals surface area contributed by atoms with Gasteiger partial charge in [-0.15, -0.1) is 9.24 Å². The van der Waals surface area contributed by atoms with Crippen molar-refractivity contribution in [3.63, 3.8) is 0 Å². The number of carbonyl (C=O) groups is 2. The van der Waals surface area contributed by atoms with Crippen molar-refractivity contribution < 1.29 is 9.59 Å². The summed E-state index contributed by atoms with van der Waals surface area (Å²) in [6.07, 6.45) is 1.13. The van der Waals surface area contributed by atoms with Crippen LogP contribution >= 0.6 is 9.24 Å². The highest BCUT2D eigenvalue weighted by atomic mass is 31.0. The Morgan fingerprint density at radius 2 is 2.42 bits per heavy atom. The van der Waals surface area contributed by atoms with Gasteiger partial charge in [0.15, 0.2) is 0 Å². The molecule has 2 atom stereocenters. The van der Waals surface area contributed by atoms with Crippen molar-refractivity contribution >= 4 is 21.1 Å². The highest BCUT2D eigenvalue weighted by molar-refractivity contribution is 7.19. The molecule has 0 radical (unpaired) electrons. The molecule has 1 saturated heterocycles. The molecule has 2 unspecified atom stereocenters. The van der Waals surface area contributed by atoms with Crippen LogP contribution in [0.25, 0.3) is 0 Å². The van der Waals surface area contributed by atoms with Crippen LogP contribution in [-0.2, 0) is 9.59 Å². The van der Waals surface area contributed by atoms with Crippen LogP contribution in [0.2, 0.25) is 0 Å². The zero-order chi connectivity index (χ0) is 9.14. The topological polar surface area (TPSA) is 63.4 Å². The molecule has 1 aliphatic rings. The Morgan fingerprint density at radius 3 is 2.83 bits per heavy atom. The van der Waals surface area contributed by atoms with Crippen molar-refractivity contribution in [2.24, 2.45) is 5.73 Å². The Balaban J connectivity index is 2.34. The zero-order valence-corrected chi connectivity index (χ0v) is 7.98. The van der Waals surface area contributed by atoms with E-state index < -0.39 is 0 Å². The molecule has 0 aliphatic carbocycles. The SMILES string of the molecule is NC(=O)CCN1CCC(P)C1=O. The maximum atomic E-state index is 11.3.